The maximum absolute atomic E-state index is 13.1. The lowest BCUT2D eigenvalue weighted by Crippen LogP contribution is -2.30. The highest BCUT2D eigenvalue weighted by Crippen LogP contribution is 2.45. The number of phosphoric acid groups is 2. The molecule has 0 spiro atoms. The van der Waals surface area contributed by atoms with Crippen LogP contribution < -0.4 is 0 Å². The van der Waals surface area contributed by atoms with Gasteiger partial charge in [0.1, 0.15) is 19.3 Å². The van der Waals surface area contributed by atoms with E-state index in [-0.39, 0.29) is 25.7 Å². The summed E-state index contributed by atoms with van der Waals surface area (Å²) in [6.07, 6.45) is 55.6. The summed E-state index contributed by atoms with van der Waals surface area (Å²) in [5.74, 6) is 0.267. The third kappa shape index (κ3) is 70.9. The van der Waals surface area contributed by atoms with Crippen LogP contribution in [0.1, 0.15) is 402 Å². The summed E-state index contributed by atoms with van der Waals surface area (Å²) in [5, 5.41) is 10.6. The maximum Gasteiger partial charge on any atom is 0.472 e. The van der Waals surface area contributed by atoms with Gasteiger partial charge in [0.25, 0.3) is 0 Å². The van der Waals surface area contributed by atoms with E-state index in [1.807, 2.05) is 0 Å². The largest absolute Gasteiger partial charge is 0.472 e. The van der Waals surface area contributed by atoms with E-state index in [1.165, 1.54) is 205 Å². The third-order valence-corrected chi connectivity index (χ3v) is 20.4. The zero-order valence-electron chi connectivity index (χ0n) is 63.5. The Balaban J connectivity index is 5.21. The summed E-state index contributed by atoms with van der Waals surface area (Å²) in [5.41, 5.74) is 0. The molecule has 0 saturated carbocycles. The molecule has 3 unspecified atom stereocenters. The molecule has 3 N–H and O–H groups in total. The summed E-state index contributed by atoms with van der Waals surface area (Å²) >= 11 is 0. The number of hydrogen-bond acceptors (Lipinski definition) is 15. The predicted molar refractivity (Wildman–Crippen MR) is 395 cm³/mol. The van der Waals surface area contributed by atoms with E-state index < -0.39 is 97.5 Å². The van der Waals surface area contributed by atoms with Crippen molar-refractivity contribution in [3.63, 3.8) is 0 Å². The summed E-state index contributed by atoms with van der Waals surface area (Å²) in [7, 11) is -9.91. The fourth-order valence-electron chi connectivity index (χ4n) is 11.9. The number of carbonyl (C=O) groups is 4. The standard InChI is InChI=1S/C78H152O17P2/c1-8-10-11-12-13-38-45-52-59-75(80)88-65-73(95-78(83)62-55-48-41-34-33-37-44-51-58-71(7)9-2)67-92-96(84,85)90-63-72(79)64-91-97(86,87)93-68-74(66-89-76(81)60-53-46-39-31-27-23-20-16-18-22-26-30-36-43-50-57-70(5)6)94-77(82)61-54-47-40-32-28-24-19-15-14-17-21-25-29-35-42-49-56-69(3)4/h69-74,79H,8-68H2,1-7H3,(H,84,85)(H,86,87)/t71?,72-,73+,74+/m0/s1. The first-order valence-corrected chi connectivity index (χ1v) is 43.4. The van der Waals surface area contributed by atoms with Crippen molar-refractivity contribution in [2.45, 2.75) is 420 Å². The molecule has 97 heavy (non-hydrogen) atoms. The molecule has 0 aromatic heterocycles. The Morgan fingerprint density at radius 1 is 0.299 bits per heavy atom. The van der Waals surface area contributed by atoms with Gasteiger partial charge in [-0.25, -0.2) is 9.13 Å². The number of phosphoric ester groups is 2. The number of carbonyl (C=O) groups excluding carboxylic acids is 4. The van der Waals surface area contributed by atoms with Crippen LogP contribution in [0.25, 0.3) is 0 Å². The first-order chi connectivity index (χ1) is 46.8. The van der Waals surface area contributed by atoms with Crippen LogP contribution in [-0.4, -0.2) is 96.7 Å². The van der Waals surface area contributed by atoms with Crippen LogP contribution in [0.2, 0.25) is 0 Å². The second-order valence-electron chi connectivity index (χ2n) is 29.3. The van der Waals surface area contributed by atoms with Crippen LogP contribution >= 0.6 is 15.6 Å². The summed E-state index contributed by atoms with van der Waals surface area (Å²) < 4.78 is 68.5. The van der Waals surface area contributed by atoms with Crippen molar-refractivity contribution < 1.29 is 80.2 Å². The maximum atomic E-state index is 13.1. The molecule has 0 rings (SSSR count). The summed E-state index contributed by atoms with van der Waals surface area (Å²) in [6, 6.07) is 0. The molecule has 17 nitrogen and oxygen atoms in total. The molecule has 6 atom stereocenters. The Bertz CT molecular complexity index is 1890. The Morgan fingerprint density at radius 3 is 0.784 bits per heavy atom. The molecule has 576 valence electrons. The van der Waals surface area contributed by atoms with Crippen LogP contribution in [0, 0.1) is 17.8 Å². The number of aliphatic hydroxyl groups is 1. The Hall–Kier alpha value is -1.94. The third-order valence-electron chi connectivity index (χ3n) is 18.5. The zero-order valence-corrected chi connectivity index (χ0v) is 65.3. The molecule has 0 aliphatic heterocycles. The minimum Gasteiger partial charge on any atom is -0.462 e. The minimum atomic E-state index is -4.96. The van der Waals surface area contributed by atoms with Crippen LogP contribution in [0.5, 0.6) is 0 Å². The van der Waals surface area contributed by atoms with Gasteiger partial charge < -0.3 is 33.8 Å². The number of aliphatic hydroxyl groups excluding tert-OH is 1. The van der Waals surface area contributed by atoms with Crippen LogP contribution in [0.4, 0.5) is 0 Å². The fourth-order valence-corrected chi connectivity index (χ4v) is 13.5. The van der Waals surface area contributed by atoms with Crippen molar-refractivity contribution in [2.75, 3.05) is 39.6 Å². The van der Waals surface area contributed by atoms with Crippen LogP contribution in [0.3, 0.4) is 0 Å². The molecule has 0 amide bonds. The smallest absolute Gasteiger partial charge is 0.462 e. The van der Waals surface area contributed by atoms with Gasteiger partial charge in [-0.15, -0.1) is 0 Å². The Kier molecular flexibility index (Phi) is 67.1. The van der Waals surface area contributed by atoms with E-state index in [9.17, 15) is 43.2 Å². The highest BCUT2D eigenvalue weighted by Gasteiger charge is 2.30. The minimum absolute atomic E-state index is 0.105. The number of hydrogen-bond donors (Lipinski definition) is 3. The van der Waals surface area contributed by atoms with Crippen molar-refractivity contribution in [3.8, 4) is 0 Å². The number of rotatable bonds is 76. The first-order valence-electron chi connectivity index (χ1n) is 40.4. The van der Waals surface area contributed by atoms with E-state index in [0.717, 1.165) is 114 Å². The van der Waals surface area contributed by atoms with Gasteiger partial charge >= 0.3 is 39.5 Å². The van der Waals surface area contributed by atoms with Crippen molar-refractivity contribution in [2.24, 2.45) is 17.8 Å². The lowest BCUT2D eigenvalue weighted by Gasteiger charge is -2.21. The molecule has 0 fully saturated rings. The predicted octanol–water partition coefficient (Wildman–Crippen LogP) is 23.0. The fraction of sp³-hybridized carbons (Fsp3) is 0.949. The number of unbranched alkanes of at least 4 members (excludes halogenated alkanes) is 43. The molecule has 0 aliphatic rings. The first kappa shape index (κ1) is 95.1. The molecule has 0 bridgehead atoms. The lowest BCUT2D eigenvalue weighted by molar-refractivity contribution is -0.161. The second kappa shape index (κ2) is 68.5. The van der Waals surface area contributed by atoms with Gasteiger partial charge in [-0.2, -0.15) is 0 Å². The number of ether oxygens (including phenoxy) is 4. The van der Waals surface area contributed by atoms with Crippen LogP contribution in [-0.2, 0) is 65.4 Å². The van der Waals surface area contributed by atoms with Gasteiger partial charge in [-0.05, 0) is 43.4 Å². The van der Waals surface area contributed by atoms with E-state index in [1.54, 1.807) is 0 Å². The van der Waals surface area contributed by atoms with Gasteiger partial charge in [0.15, 0.2) is 12.2 Å². The van der Waals surface area contributed by atoms with Gasteiger partial charge in [-0.1, -0.05) is 350 Å². The molecule has 0 saturated heterocycles. The average Bonchev–Trinajstić information content (AvgIpc) is 1.61. The SMILES string of the molecule is CCCCCCCCCCC(=O)OC[C@H](COP(=O)(O)OC[C@H](O)COP(=O)(O)OC[C@@H](COC(=O)CCCCCCCCCCCCCCCCCC(C)C)OC(=O)CCCCCCCCCCCCCCCCCCC(C)C)OC(=O)CCCCCCCCCCC(C)CC. The quantitative estimate of drug-likeness (QED) is 0.0222. The molecule has 0 aliphatic carbocycles. The van der Waals surface area contributed by atoms with Crippen molar-refractivity contribution in [3.05, 3.63) is 0 Å². The Labute approximate surface area is 594 Å². The van der Waals surface area contributed by atoms with E-state index in [2.05, 4.69) is 48.5 Å². The number of esters is 4. The highest BCUT2D eigenvalue weighted by atomic mass is 31.2. The molecule has 0 radical (unpaired) electrons. The topological polar surface area (TPSA) is 237 Å². The molecular weight excluding hydrogens is 1270 g/mol. The van der Waals surface area contributed by atoms with Crippen molar-refractivity contribution in [1.82, 2.24) is 0 Å². The van der Waals surface area contributed by atoms with Crippen molar-refractivity contribution >= 4 is 39.5 Å². The van der Waals surface area contributed by atoms with E-state index in [4.69, 9.17) is 37.0 Å². The van der Waals surface area contributed by atoms with Crippen LogP contribution in [0.15, 0.2) is 0 Å². The Morgan fingerprint density at radius 2 is 0.526 bits per heavy atom. The summed E-state index contributed by atoms with van der Waals surface area (Å²) in [6.45, 7) is 11.9. The lowest BCUT2D eigenvalue weighted by atomic mass is 9.99. The summed E-state index contributed by atoms with van der Waals surface area (Å²) in [4.78, 5) is 72.8. The zero-order chi connectivity index (χ0) is 71.6. The average molecular weight is 1420 g/mol. The van der Waals surface area contributed by atoms with E-state index >= 15 is 0 Å². The molecule has 19 heteroatoms. The molecule has 0 aromatic carbocycles. The second-order valence-corrected chi connectivity index (χ2v) is 32.2. The van der Waals surface area contributed by atoms with Gasteiger partial charge in [0.2, 0.25) is 0 Å². The van der Waals surface area contributed by atoms with Crippen molar-refractivity contribution in [1.29, 1.82) is 0 Å². The normalized spacial score (nSPS) is 14.3. The van der Waals surface area contributed by atoms with E-state index in [0.29, 0.717) is 25.7 Å². The highest BCUT2D eigenvalue weighted by molar-refractivity contribution is 7.47. The molecule has 0 aromatic rings. The van der Waals surface area contributed by atoms with Gasteiger partial charge in [0.05, 0.1) is 26.4 Å². The van der Waals surface area contributed by atoms with Gasteiger partial charge in [0, 0.05) is 25.7 Å². The molecular formula is C78H152O17P2. The molecule has 0 heterocycles. The monoisotopic (exact) mass is 1420 g/mol. The van der Waals surface area contributed by atoms with Gasteiger partial charge in [-0.3, -0.25) is 37.3 Å².